The lowest BCUT2D eigenvalue weighted by Crippen LogP contribution is -2.49. The monoisotopic (exact) mass is 339 g/mol. The Hall–Kier alpha value is -2.53. The summed E-state index contributed by atoms with van der Waals surface area (Å²) in [6, 6.07) is 13.8. The van der Waals surface area contributed by atoms with Gasteiger partial charge in [-0.15, -0.1) is 0 Å². The predicted molar refractivity (Wildman–Crippen MR) is 92.6 cm³/mol. The Morgan fingerprint density at radius 2 is 1.80 bits per heavy atom. The van der Waals surface area contributed by atoms with E-state index < -0.39 is 5.72 Å². The molecule has 4 rings (SSSR count). The Labute approximate surface area is 147 Å². The molecule has 130 valence electrons. The normalized spacial score (nSPS) is 24.7. The zero-order chi connectivity index (χ0) is 17.6. The molecular formula is C20H21NO4. The van der Waals surface area contributed by atoms with Crippen molar-refractivity contribution in [2.24, 2.45) is 0 Å². The van der Waals surface area contributed by atoms with Crippen LogP contribution in [0.25, 0.3) is 0 Å². The summed E-state index contributed by atoms with van der Waals surface area (Å²) >= 11 is 0. The molecule has 25 heavy (non-hydrogen) atoms. The van der Waals surface area contributed by atoms with Gasteiger partial charge in [-0.25, -0.2) is 0 Å². The van der Waals surface area contributed by atoms with Crippen molar-refractivity contribution < 1.29 is 19.0 Å². The van der Waals surface area contributed by atoms with Gasteiger partial charge in [0.05, 0.1) is 33.3 Å². The largest absolute Gasteiger partial charge is 0.493 e. The number of carbonyl (C=O) groups excluding carboxylic acids is 1. The van der Waals surface area contributed by atoms with Crippen LogP contribution in [0, 0.1) is 0 Å². The number of hydrogen-bond donors (Lipinski definition) is 0. The number of fused-ring (bicyclic) bond motifs is 3. The van der Waals surface area contributed by atoms with E-state index >= 15 is 0 Å². The molecule has 2 atom stereocenters. The van der Waals surface area contributed by atoms with E-state index in [0.717, 1.165) is 16.7 Å². The highest BCUT2D eigenvalue weighted by Gasteiger charge is 2.52. The van der Waals surface area contributed by atoms with Crippen molar-refractivity contribution in [2.75, 3.05) is 20.8 Å². The molecule has 1 saturated heterocycles. The summed E-state index contributed by atoms with van der Waals surface area (Å²) in [7, 11) is 3.21. The van der Waals surface area contributed by atoms with E-state index in [4.69, 9.17) is 14.2 Å². The van der Waals surface area contributed by atoms with Crippen LogP contribution >= 0.6 is 0 Å². The smallest absolute Gasteiger partial charge is 0.230 e. The first-order valence-electron chi connectivity index (χ1n) is 8.35. The van der Waals surface area contributed by atoms with Gasteiger partial charge in [0.15, 0.2) is 17.2 Å². The number of nitrogens with zero attached hydrogens (tertiary/aromatic N) is 1. The quantitative estimate of drug-likeness (QED) is 0.862. The Balaban J connectivity index is 1.83. The SMILES string of the molecule is COc1cc2c(cc1OC)[C@@]1(C)OC[C@H](c3ccccc3)N1C(=O)C2. The highest BCUT2D eigenvalue weighted by atomic mass is 16.5. The Bertz CT molecular complexity index is 820. The molecule has 0 aliphatic carbocycles. The number of amides is 1. The second-order valence-electron chi connectivity index (χ2n) is 6.53. The van der Waals surface area contributed by atoms with Gasteiger partial charge in [-0.3, -0.25) is 4.79 Å². The Morgan fingerprint density at radius 1 is 1.12 bits per heavy atom. The van der Waals surface area contributed by atoms with Gasteiger partial charge < -0.3 is 19.1 Å². The summed E-state index contributed by atoms with van der Waals surface area (Å²) in [6.07, 6.45) is 0.331. The van der Waals surface area contributed by atoms with Crippen LogP contribution in [-0.4, -0.2) is 31.6 Å². The van der Waals surface area contributed by atoms with Crippen molar-refractivity contribution >= 4 is 5.91 Å². The lowest BCUT2D eigenvalue weighted by Gasteiger charge is -2.42. The van der Waals surface area contributed by atoms with Crippen molar-refractivity contribution in [1.29, 1.82) is 0 Å². The molecule has 2 aromatic carbocycles. The van der Waals surface area contributed by atoms with Crippen LogP contribution < -0.4 is 9.47 Å². The average molecular weight is 339 g/mol. The summed E-state index contributed by atoms with van der Waals surface area (Å²) < 4.78 is 17.0. The van der Waals surface area contributed by atoms with Gasteiger partial charge in [-0.2, -0.15) is 0 Å². The van der Waals surface area contributed by atoms with Gasteiger partial charge in [-0.05, 0) is 30.2 Å². The van der Waals surface area contributed by atoms with E-state index in [2.05, 4.69) is 0 Å². The van der Waals surface area contributed by atoms with Gasteiger partial charge in [0.1, 0.15) is 0 Å². The van der Waals surface area contributed by atoms with Crippen LogP contribution in [-0.2, 0) is 21.7 Å². The lowest BCUT2D eigenvalue weighted by atomic mass is 9.88. The molecule has 0 bridgehead atoms. The molecule has 2 heterocycles. The highest BCUT2D eigenvalue weighted by Crippen LogP contribution is 2.49. The minimum absolute atomic E-state index is 0.0635. The van der Waals surface area contributed by atoms with E-state index in [-0.39, 0.29) is 11.9 Å². The molecule has 2 aliphatic rings. The molecule has 0 radical (unpaired) electrons. The van der Waals surface area contributed by atoms with Crippen LogP contribution in [0.2, 0.25) is 0 Å². The third kappa shape index (κ3) is 2.30. The van der Waals surface area contributed by atoms with Crippen molar-refractivity contribution in [3.05, 3.63) is 59.2 Å². The minimum Gasteiger partial charge on any atom is -0.493 e. The summed E-state index contributed by atoms with van der Waals surface area (Å²) in [5.74, 6) is 1.33. The molecule has 5 heteroatoms. The predicted octanol–water partition coefficient (Wildman–Crippen LogP) is 3.03. The lowest BCUT2D eigenvalue weighted by molar-refractivity contribution is -0.152. The van der Waals surface area contributed by atoms with E-state index in [1.807, 2.05) is 54.3 Å². The third-order valence-electron chi connectivity index (χ3n) is 5.20. The zero-order valence-electron chi connectivity index (χ0n) is 14.6. The van der Waals surface area contributed by atoms with Crippen LogP contribution in [0.1, 0.15) is 29.7 Å². The zero-order valence-corrected chi connectivity index (χ0v) is 14.6. The number of ether oxygens (including phenoxy) is 3. The number of hydrogen-bond acceptors (Lipinski definition) is 4. The molecule has 1 fully saturated rings. The topological polar surface area (TPSA) is 48.0 Å². The number of carbonyl (C=O) groups is 1. The van der Waals surface area contributed by atoms with Crippen molar-refractivity contribution in [3.8, 4) is 11.5 Å². The molecule has 0 N–H and O–H groups in total. The standard InChI is InChI=1S/C20H21NO4/c1-20-15-11-18(24-3)17(23-2)9-14(15)10-19(22)21(20)16(12-25-20)13-7-5-4-6-8-13/h4-9,11,16H,10,12H2,1-3H3/t16-,20-/m1/s1. The Kier molecular flexibility index (Phi) is 3.69. The fourth-order valence-corrected chi connectivity index (χ4v) is 3.97. The van der Waals surface area contributed by atoms with Gasteiger partial charge >= 0.3 is 0 Å². The molecule has 0 aromatic heterocycles. The molecule has 0 spiro atoms. The summed E-state index contributed by atoms with van der Waals surface area (Å²) in [5.41, 5.74) is 2.17. The van der Waals surface area contributed by atoms with E-state index in [1.165, 1.54) is 0 Å². The molecule has 0 saturated carbocycles. The maximum atomic E-state index is 13.0. The highest BCUT2D eigenvalue weighted by molar-refractivity contribution is 5.83. The van der Waals surface area contributed by atoms with Crippen LogP contribution in [0.4, 0.5) is 0 Å². The van der Waals surface area contributed by atoms with E-state index in [9.17, 15) is 4.79 Å². The Morgan fingerprint density at radius 3 is 2.48 bits per heavy atom. The van der Waals surface area contributed by atoms with Gasteiger partial charge in [0.25, 0.3) is 0 Å². The van der Waals surface area contributed by atoms with Gasteiger partial charge in [-0.1, -0.05) is 30.3 Å². The van der Waals surface area contributed by atoms with Crippen LogP contribution in [0.5, 0.6) is 11.5 Å². The fraction of sp³-hybridized carbons (Fsp3) is 0.350. The number of rotatable bonds is 3. The maximum Gasteiger partial charge on any atom is 0.230 e. The first kappa shape index (κ1) is 16.0. The second kappa shape index (κ2) is 5.77. The first-order chi connectivity index (χ1) is 12.1. The van der Waals surface area contributed by atoms with E-state index in [0.29, 0.717) is 24.5 Å². The molecule has 2 aliphatic heterocycles. The summed E-state index contributed by atoms with van der Waals surface area (Å²) in [5, 5.41) is 0. The van der Waals surface area contributed by atoms with Gasteiger partial charge in [0.2, 0.25) is 5.91 Å². The maximum absolute atomic E-state index is 13.0. The van der Waals surface area contributed by atoms with Crippen LogP contribution in [0.15, 0.2) is 42.5 Å². The molecule has 0 unspecified atom stereocenters. The van der Waals surface area contributed by atoms with Crippen LogP contribution in [0.3, 0.4) is 0 Å². The molecule has 5 nitrogen and oxygen atoms in total. The summed E-state index contributed by atoms with van der Waals surface area (Å²) in [6.45, 7) is 2.43. The summed E-state index contributed by atoms with van der Waals surface area (Å²) in [4.78, 5) is 14.8. The van der Waals surface area contributed by atoms with E-state index in [1.54, 1.807) is 14.2 Å². The van der Waals surface area contributed by atoms with Crippen molar-refractivity contribution in [3.63, 3.8) is 0 Å². The minimum atomic E-state index is -0.801. The molecule has 2 aromatic rings. The fourth-order valence-electron chi connectivity index (χ4n) is 3.97. The first-order valence-corrected chi connectivity index (χ1v) is 8.35. The number of benzene rings is 2. The molecule has 1 amide bonds. The molecular weight excluding hydrogens is 318 g/mol. The third-order valence-corrected chi connectivity index (χ3v) is 5.20. The average Bonchev–Trinajstić information content (AvgIpc) is 3.01. The number of methoxy groups -OCH3 is 2. The van der Waals surface area contributed by atoms with Crippen molar-refractivity contribution in [2.45, 2.75) is 25.1 Å². The second-order valence-corrected chi connectivity index (χ2v) is 6.53. The van der Waals surface area contributed by atoms with Crippen molar-refractivity contribution in [1.82, 2.24) is 4.90 Å². The van der Waals surface area contributed by atoms with Gasteiger partial charge in [0, 0.05) is 5.56 Å².